The maximum atomic E-state index is 13.5. The van der Waals surface area contributed by atoms with E-state index >= 15 is 0 Å². The summed E-state index contributed by atoms with van der Waals surface area (Å²) in [5.74, 6) is 2.41. The number of H-pyrrole nitrogens is 1. The fourth-order valence-electron chi connectivity index (χ4n) is 3.87. The van der Waals surface area contributed by atoms with Crippen LogP contribution in [0, 0.1) is 5.82 Å². The van der Waals surface area contributed by atoms with Crippen LogP contribution in [0.3, 0.4) is 0 Å². The summed E-state index contributed by atoms with van der Waals surface area (Å²) in [5.41, 5.74) is 1.85. The van der Waals surface area contributed by atoms with Crippen LogP contribution in [-0.4, -0.2) is 74.5 Å². The highest BCUT2D eigenvalue weighted by Crippen LogP contribution is 2.39. The summed E-state index contributed by atoms with van der Waals surface area (Å²) < 4.78 is 13.5. The number of aromatic nitrogens is 5. The number of piperazine rings is 1. The molecule has 1 aliphatic heterocycles. The monoisotopic (exact) mass is 450 g/mol. The van der Waals surface area contributed by atoms with E-state index in [2.05, 4.69) is 40.3 Å². The average molecular weight is 451 g/mol. The Kier molecular flexibility index (Phi) is 6.27. The van der Waals surface area contributed by atoms with Gasteiger partial charge in [0.25, 0.3) is 0 Å². The number of halogens is 1. The molecule has 1 aromatic carbocycles. The Morgan fingerprint density at radius 2 is 1.94 bits per heavy atom. The van der Waals surface area contributed by atoms with Crippen molar-refractivity contribution in [2.75, 3.05) is 49.5 Å². The molecule has 33 heavy (non-hydrogen) atoms. The largest absolute Gasteiger partial charge is 0.395 e. The Labute approximate surface area is 191 Å². The van der Waals surface area contributed by atoms with Crippen molar-refractivity contribution in [2.24, 2.45) is 0 Å². The number of nitrogens with zero attached hydrogens (tertiary/aromatic N) is 6. The van der Waals surface area contributed by atoms with Gasteiger partial charge in [0.1, 0.15) is 5.82 Å². The van der Waals surface area contributed by atoms with Gasteiger partial charge < -0.3 is 15.3 Å². The van der Waals surface area contributed by atoms with E-state index in [1.807, 2.05) is 12.1 Å². The highest BCUT2D eigenvalue weighted by atomic mass is 19.1. The van der Waals surface area contributed by atoms with Crippen LogP contribution in [0.5, 0.6) is 0 Å². The number of aromatic amines is 1. The lowest BCUT2D eigenvalue weighted by Gasteiger charge is -2.34. The van der Waals surface area contributed by atoms with Gasteiger partial charge in [-0.15, -0.1) is 0 Å². The second-order valence-corrected chi connectivity index (χ2v) is 8.37. The molecule has 5 rings (SSSR count). The van der Waals surface area contributed by atoms with Crippen LogP contribution in [0.1, 0.15) is 35.8 Å². The summed E-state index contributed by atoms with van der Waals surface area (Å²) >= 11 is 0. The molecule has 0 radical (unpaired) electrons. The summed E-state index contributed by atoms with van der Waals surface area (Å²) in [7, 11) is 0. The normalized spacial score (nSPS) is 17.1. The average Bonchev–Trinajstić information content (AvgIpc) is 3.57. The minimum absolute atomic E-state index is 0.154. The summed E-state index contributed by atoms with van der Waals surface area (Å²) in [6.07, 6.45) is 5.92. The van der Waals surface area contributed by atoms with E-state index < -0.39 is 0 Å². The number of hydrogen-bond acceptors (Lipinski definition) is 8. The molecule has 2 aliphatic rings. The molecule has 3 N–H and O–H groups in total. The molecule has 0 bridgehead atoms. The van der Waals surface area contributed by atoms with Crippen LogP contribution >= 0.6 is 0 Å². The third-order valence-corrected chi connectivity index (χ3v) is 5.84. The molecule has 2 aromatic heterocycles. The number of nitrogens with one attached hydrogen (secondary N) is 2. The maximum Gasteiger partial charge on any atom is 0.233 e. The summed E-state index contributed by atoms with van der Waals surface area (Å²) in [6.45, 7) is 3.99. The number of β-amino-alcohol motifs (C(OH)–C–C–N with tert-alkyl or cyclic N) is 1. The number of hydrogen-bond donors (Lipinski definition) is 3. The molecule has 10 heteroatoms. The molecule has 0 atom stereocenters. The van der Waals surface area contributed by atoms with Crippen LogP contribution in [0.4, 0.5) is 22.1 Å². The molecule has 2 fully saturated rings. The van der Waals surface area contributed by atoms with Crippen LogP contribution in [0.25, 0.3) is 12.2 Å². The molecule has 1 aliphatic carbocycles. The third kappa shape index (κ3) is 5.52. The molecule has 9 nitrogen and oxygen atoms in total. The van der Waals surface area contributed by atoms with Crippen LogP contribution in [0.15, 0.2) is 30.3 Å². The number of rotatable bonds is 8. The molecule has 0 amide bonds. The zero-order chi connectivity index (χ0) is 22.6. The van der Waals surface area contributed by atoms with E-state index in [1.165, 1.54) is 25.0 Å². The lowest BCUT2D eigenvalue weighted by atomic mass is 10.2. The Morgan fingerprint density at radius 3 is 2.70 bits per heavy atom. The zero-order valence-corrected chi connectivity index (χ0v) is 18.3. The van der Waals surface area contributed by atoms with E-state index in [1.54, 1.807) is 18.2 Å². The van der Waals surface area contributed by atoms with E-state index in [-0.39, 0.29) is 12.4 Å². The first-order valence-corrected chi connectivity index (χ1v) is 11.3. The fourth-order valence-corrected chi connectivity index (χ4v) is 3.87. The minimum atomic E-state index is -0.290. The van der Waals surface area contributed by atoms with Crippen LogP contribution in [0.2, 0.25) is 0 Å². The second kappa shape index (κ2) is 9.63. The van der Waals surface area contributed by atoms with Crippen molar-refractivity contribution >= 4 is 29.9 Å². The highest BCUT2D eigenvalue weighted by Gasteiger charge is 2.26. The molecule has 0 unspecified atom stereocenters. The lowest BCUT2D eigenvalue weighted by molar-refractivity contribution is 0.188. The summed E-state index contributed by atoms with van der Waals surface area (Å²) in [6, 6.07) is 8.36. The zero-order valence-electron chi connectivity index (χ0n) is 18.3. The van der Waals surface area contributed by atoms with Crippen molar-refractivity contribution in [3.63, 3.8) is 0 Å². The standard InChI is InChI=1S/C23H27FN8O/c24-18-3-1-2-16(14-18)4-7-20-25-22(26-21-15-19(29-30-21)17-5-6-17)28-23(27-20)32-10-8-31(9-11-32)12-13-33/h1-4,7,14-15,17,33H,5-6,8-13H2,(H2,25,26,27,28,29,30)/b7-4+. The topological polar surface area (TPSA) is 106 Å². The first kappa shape index (κ1) is 21.5. The molecule has 3 aromatic rings. The Hall–Kier alpha value is -3.37. The van der Waals surface area contributed by atoms with Gasteiger partial charge in [-0.1, -0.05) is 18.2 Å². The predicted octanol–water partition coefficient (Wildman–Crippen LogP) is 2.64. The molecule has 172 valence electrons. The fraction of sp³-hybridized carbons (Fsp3) is 0.391. The second-order valence-electron chi connectivity index (χ2n) is 8.37. The van der Waals surface area contributed by atoms with Gasteiger partial charge in [0.2, 0.25) is 11.9 Å². The number of benzene rings is 1. The van der Waals surface area contributed by atoms with E-state index in [0.29, 0.717) is 36.0 Å². The molecular weight excluding hydrogens is 423 g/mol. The molecule has 0 spiro atoms. The van der Waals surface area contributed by atoms with Gasteiger partial charge in [0.05, 0.1) is 6.61 Å². The Bertz CT molecular complexity index is 1120. The number of aliphatic hydroxyl groups excluding tert-OH is 1. The first-order chi connectivity index (χ1) is 16.2. The van der Waals surface area contributed by atoms with Gasteiger partial charge in [-0.3, -0.25) is 10.00 Å². The van der Waals surface area contributed by atoms with Crippen molar-refractivity contribution in [1.29, 1.82) is 0 Å². The van der Waals surface area contributed by atoms with Gasteiger partial charge in [-0.25, -0.2) is 4.39 Å². The smallest absolute Gasteiger partial charge is 0.233 e. The van der Waals surface area contributed by atoms with Gasteiger partial charge in [0, 0.05) is 50.4 Å². The predicted molar refractivity (Wildman–Crippen MR) is 125 cm³/mol. The lowest BCUT2D eigenvalue weighted by Crippen LogP contribution is -2.47. The minimum Gasteiger partial charge on any atom is -0.395 e. The highest BCUT2D eigenvalue weighted by molar-refractivity contribution is 5.67. The molecular formula is C23H27FN8O. The van der Waals surface area contributed by atoms with Crippen LogP contribution < -0.4 is 10.2 Å². The Morgan fingerprint density at radius 1 is 1.09 bits per heavy atom. The van der Waals surface area contributed by atoms with E-state index in [4.69, 9.17) is 0 Å². The maximum absolute atomic E-state index is 13.5. The van der Waals surface area contributed by atoms with Gasteiger partial charge in [-0.2, -0.15) is 20.1 Å². The molecule has 1 saturated heterocycles. The summed E-state index contributed by atoms with van der Waals surface area (Å²) in [5, 5.41) is 19.8. The summed E-state index contributed by atoms with van der Waals surface area (Å²) in [4.78, 5) is 18.1. The van der Waals surface area contributed by atoms with Crippen LogP contribution in [-0.2, 0) is 0 Å². The third-order valence-electron chi connectivity index (χ3n) is 5.84. The van der Waals surface area contributed by atoms with E-state index in [9.17, 15) is 9.50 Å². The number of aliphatic hydroxyl groups is 1. The van der Waals surface area contributed by atoms with Gasteiger partial charge >= 0.3 is 0 Å². The quantitative estimate of drug-likeness (QED) is 0.481. The SMILES string of the molecule is OCCN1CCN(c2nc(/C=C/c3cccc(F)c3)nc(Nc3cc(C4CC4)[nH]n3)n2)CC1. The molecule has 1 saturated carbocycles. The van der Waals surface area contributed by atoms with Gasteiger partial charge in [-0.05, 0) is 36.6 Å². The van der Waals surface area contributed by atoms with Crippen molar-refractivity contribution < 1.29 is 9.50 Å². The van der Waals surface area contributed by atoms with Gasteiger partial charge in [0.15, 0.2) is 11.6 Å². The number of anilines is 3. The van der Waals surface area contributed by atoms with Crippen molar-refractivity contribution in [3.05, 3.63) is 53.2 Å². The van der Waals surface area contributed by atoms with E-state index in [0.717, 1.165) is 37.4 Å². The van der Waals surface area contributed by atoms with Crippen molar-refractivity contribution in [1.82, 2.24) is 30.0 Å². The van der Waals surface area contributed by atoms with Crippen molar-refractivity contribution in [2.45, 2.75) is 18.8 Å². The van der Waals surface area contributed by atoms with Crippen molar-refractivity contribution in [3.8, 4) is 0 Å². The Balaban J connectivity index is 1.39. The molecule has 3 heterocycles. The first-order valence-electron chi connectivity index (χ1n) is 11.3.